The van der Waals surface area contributed by atoms with E-state index < -0.39 is 69.9 Å². The number of hydrogen-bond acceptors (Lipinski definition) is 4. The first-order valence-corrected chi connectivity index (χ1v) is 13.0. The number of aliphatic carboxylic acids is 1. The average molecular weight is 574 g/mol. The van der Waals surface area contributed by atoms with Crippen molar-refractivity contribution in [2.75, 3.05) is 13.1 Å². The lowest BCUT2D eigenvalue weighted by molar-refractivity contribution is -0.152. The molecule has 0 spiro atoms. The minimum absolute atomic E-state index is 0.0803. The Morgan fingerprint density at radius 1 is 1.21 bits per heavy atom. The highest BCUT2D eigenvalue weighted by atomic mass is 35.5. The van der Waals surface area contributed by atoms with E-state index in [0.717, 1.165) is 21.8 Å². The molecule has 1 amide bonds. The zero-order chi connectivity index (χ0) is 29.3. The number of rotatable bonds is 9. The van der Waals surface area contributed by atoms with Crippen LogP contribution in [0.5, 0.6) is 0 Å². The number of alkyl halides is 3. The van der Waals surface area contributed by atoms with Gasteiger partial charge < -0.3 is 10.0 Å². The number of carbonyl (C=O) groups excluding carboxylic acids is 2. The highest BCUT2D eigenvalue weighted by molar-refractivity contribution is 6.34. The van der Waals surface area contributed by atoms with Crippen LogP contribution < -0.4 is 0 Å². The first-order chi connectivity index (χ1) is 18.0. The third-order valence-corrected chi connectivity index (χ3v) is 7.97. The van der Waals surface area contributed by atoms with Crippen molar-refractivity contribution in [2.45, 2.75) is 72.0 Å². The third kappa shape index (κ3) is 6.62. The van der Waals surface area contributed by atoms with Gasteiger partial charge in [-0.2, -0.15) is 18.3 Å². The smallest absolute Gasteiger partial charge is 0.433 e. The lowest BCUT2D eigenvalue weighted by Gasteiger charge is -2.35. The second kappa shape index (κ2) is 11.3. The number of ketones is 1. The van der Waals surface area contributed by atoms with Crippen molar-refractivity contribution in [1.82, 2.24) is 14.7 Å². The normalized spacial score (nSPS) is 20.1. The molecule has 0 radical (unpaired) electrons. The summed E-state index contributed by atoms with van der Waals surface area (Å²) >= 11 is 6.02. The first kappa shape index (κ1) is 30.6. The molecule has 0 aliphatic heterocycles. The molecule has 2 aromatic rings. The molecule has 1 heterocycles. The second-order valence-electron chi connectivity index (χ2n) is 11.1. The Morgan fingerprint density at radius 2 is 1.82 bits per heavy atom. The number of Topliss-reactive ketones (excluding diaryl/α,β-unsaturated/α-hetero) is 1. The van der Waals surface area contributed by atoms with E-state index in [9.17, 15) is 37.1 Å². The molecule has 0 unspecified atom stereocenters. The van der Waals surface area contributed by atoms with Gasteiger partial charge in [0.05, 0.1) is 40.3 Å². The van der Waals surface area contributed by atoms with Crippen LogP contribution in [0.4, 0.5) is 17.6 Å². The fraction of sp³-hybridized carbons (Fsp3) is 0.556. The molecule has 1 saturated carbocycles. The highest BCUT2D eigenvalue weighted by Crippen LogP contribution is 2.43. The van der Waals surface area contributed by atoms with Crippen LogP contribution >= 0.6 is 11.6 Å². The van der Waals surface area contributed by atoms with Crippen LogP contribution in [0.15, 0.2) is 24.4 Å². The van der Waals surface area contributed by atoms with Crippen LogP contribution in [0.1, 0.15) is 92.3 Å². The van der Waals surface area contributed by atoms with Gasteiger partial charge in [-0.25, -0.2) is 4.39 Å². The molecule has 12 heteroatoms. The van der Waals surface area contributed by atoms with Crippen LogP contribution in [0.3, 0.4) is 0 Å². The number of hydrogen-bond donors (Lipinski definition) is 1. The molecule has 0 saturated heterocycles. The van der Waals surface area contributed by atoms with E-state index in [1.54, 1.807) is 20.8 Å². The van der Waals surface area contributed by atoms with Gasteiger partial charge in [-0.3, -0.25) is 19.1 Å². The molecule has 0 atom stereocenters. The van der Waals surface area contributed by atoms with E-state index >= 15 is 0 Å². The maximum atomic E-state index is 14.4. The van der Waals surface area contributed by atoms with Gasteiger partial charge in [0.15, 0.2) is 11.5 Å². The molecule has 214 valence electrons. The second-order valence-corrected chi connectivity index (χ2v) is 11.6. The molecular formula is C27H32ClF4N3O4. The van der Waals surface area contributed by atoms with Crippen LogP contribution in [0.2, 0.25) is 5.02 Å². The van der Waals surface area contributed by atoms with Crippen molar-refractivity contribution in [3.8, 4) is 0 Å². The SMILES string of the molecule is CCC(C)(C)CN(CC(=O)c1c(F)cccc1Cl)C(=O)c1cnn(C2CCC(C)(C(=O)O)CC2)c1C(F)(F)F. The van der Waals surface area contributed by atoms with Gasteiger partial charge in [0, 0.05) is 6.54 Å². The molecule has 7 nitrogen and oxygen atoms in total. The molecule has 1 aliphatic rings. The van der Waals surface area contributed by atoms with E-state index in [4.69, 9.17) is 11.6 Å². The lowest BCUT2D eigenvalue weighted by Crippen LogP contribution is -2.42. The molecule has 1 aromatic heterocycles. The number of aromatic nitrogens is 2. The summed E-state index contributed by atoms with van der Waals surface area (Å²) in [5.74, 6) is -3.83. The minimum atomic E-state index is -4.96. The van der Waals surface area contributed by atoms with E-state index in [1.165, 1.54) is 12.1 Å². The Labute approximate surface area is 229 Å². The zero-order valence-corrected chi connectivity index (χ0v) is 23.0. The molecule has 3 rings (SSSR count). The van der Waals surface area contributed by atoms with Gasteiger partial charge in [0.25, 0.3) is 5.91 Å². The number of carboxylic acid groups (broad SMARTS) is 1. The minimum Gasteiger partial charge on any atom is -0.481 e. The maximum absolute atomic E-state index is 14.4. The number of amides is 1. The van der Waals surface area contributed by atoms with Crippen molar-refractivity contribution in [3.63, 3.8) is 0 Å². The Kier molecular flexibility index (Phi) is 8.84. The average Bonchev–Trinajstić information content (AvgIpc) is 3.29. The van der Waals surface area contributed by atoms with E-state index in [0.29, 0.717) is 6.42 Å². The number of nitrogens with zero attached hydrogens (tertiary/aromatic N) is 3. The molecule has 1 N–H and O–H groups in total. The van der Waals surface area contributed by atoms with Crippen molar-refractivity contribution in [3.05, 3.63) is 52.1 Å². The Hall–Kier alpha value is -2.95. The van der Waals surface area contributed by atoms with Gasteiger partial charge in [0.2, 0.25) is 0 Å². The van der Waals surface area contributed by atoms with Crippen molar-refractivity contribution in [1.29, 1.82) is 0 Å². The van der Waals surface area contributed by atoms with E-state index in [1.807, 2.05) is 6.92 Å². The monoisotopic (exact) mass is 573 g/mol. The van der Waals surface area contributed by atoms with E-state index in [2.05, 4.69) is 5.10 Å². The third-order valence-electron chi connectivity index (χ3n) is 7.65. The fourth-order valence-corrected chi connectivity index (χ4v) is 5.06. The van der Waals surface area contributed by atoms with Gasteiger partial charge in [-0.1, -0.05) is 38.4 Å². The molecule has 1 fully saturated rings. The standard InChI is InChI=1S/C27H32ClF4N3O4/c1-5-25(2,3)15-34(14-20(36)21-18(28)7-6-8-19(21)29)23(37)17-13-33-35(22(17)27(30,31)32)16-9-11-26(4,12-10-16)24(38)39/h6-8,13,16H,5,9-12,14-15H2,1-4H3,(H,38,39). The molecule has 39 heavy (non-hydrogen) atoms. The van der Waals surface area contributed by atoms with Crippen molar-refractivity contribution >= 4 is 29.3 Å². The van der Waals surface area contributed by atoms with Crippen LogP contribution in [0, 0.1) is 16.6 Å². The molecule has 1 aromatic carbocycles. The summed E-state index contributed by atoms with van der Waals surface area (Å²) in [5.41, 5.74) is -4.05. The predicted molar refractivity (Wildman–Crippen MR) is 136 cm³/mol. The van der Waals surface area contributed by atoms with Gasteiger partial charge >= 0.3 is 12.1 Å². The number of halogens is 5. The summed E-state index contributed by atoms with van der Waals surface area (Å²) in [4.78, 5) is 39.2. The highest BCUT2D eigenvalue weighted by Gasteiger charge is 2.45. The summed E-state index contributed by atoms with van der Waals surface area (Å²) in [5, 5.41) is 13.2. The Bertz CT molecular complexity index is 1230. The number of carbonyl (C=O) groups is 3. The Morgan fingerprint density at radius 3 is 2.33 bits per heavy atom. The van der Waals surface area contributed by atoms with Gasteiger partial charge in [0.1, 0.15) is 5.82 Å². The topological polar surface area (TPSA) is 92.5 Å². The molecule has 0 bridgehead atoms. The molecule has 1 aliphatic carbocycles. The predicted octanol–water partition coefficient (Wildman–Crippen LogP) is 6.66. The largest absolute Gasteiger partial charge is 0.481 e. The lowest BCUT2D eigenvalue weighted by atomic mass is 9.74. The van der Waals surface area contributed by atoms with Gasteiger partial charge in [-0.15, -0.1) is 0 Å². The van der Waals surface area contributed by atoms with Gasteiger partial charge in [-0.05, 0) is 56.6 Å². The van der Waals surface area contributed by atoms with E-state index in [-0.39, 0.29) is 37.3 Å². The zero-order valence-electron chi connectivity index (χ0n) is 22.2. The van der Waals surface area contributed by atoms with Crippen molar-refractivity contribution in [2.24, 2.45) is 10.8 Å². The number of carboxylic acids is 1. The number of benzene rings is 1. The summed E-state index contributed by atoms with van der Waals surface area (Å²) in [7, 11) is 0. The summed E-state index contributed by atoms with van der Waals surface area (Å²) < 4.78 is 58.3. The van der Waals surface area contributed by atoms with Crippen molar-refractivity contribution < 1.29 is 37.1 Å². The van der Waals surface area contributed by atoms with Crippen LogP contribution in [-0.2, 0) is 11.0 Å². The summed E-state index contributed by atoms with van der Waals surface area (Å²) in [6, 6.07) is 2.90. The van der Waals surface area contributed by atoms with Crippen LogP contribution in [0.25, 0.3) is 0 Å². The quantitative estimate of drug-likeness (QED) is 0.267. The first-order valence-electron chi connectivity index (χ1n) is 12.7. The Balaban J connectivity index is 2.00. The molecular weight excluding hydrogens is 542 g/mol. The van der Waals surface area contributed by atoms with Crippen LogP contribution in [-0.4, -0.2) is 50.5 Å². The summed E-state index contributed by atoms with van der Waals surface area (Å²) in [6.45, 7) is 6.22. The maximum Gasteiger partial charge on any atom is 0.433 e. The fourth-order valence-electron chi connectivity index (χ4n) is 4.79. The summed E-state index contributed by atoms with van der Waals surface area (Å²) in [6.07, 6.45) is -3.00.